The number of rotatable bonds is 7. The lowest BCUT2D eigenvalue weighted by Gasteiger charge is -2.32. The van der Waals surface area contributed by atoms with Crippen LogP contribution >= 0.6 is 0 Å². The molecule has 0 radical (unpaired) electrons. The number of carbonyl (C=O) groups excluding carboxylic acids is 2. The second kappa shape index (κ2) is 10.1. The van der Waals surface area contributed by atoms with E-state index in [0.717, 1.165) is 31.6 Å². The van der Waals surface area contributed by atoms with Crippen molar-refractivity contribution >= 4 is 23.3 Å². The molecule has 3 rings (SSSR count). The molecular weight excluding hydrogens is 380 g/mol. The third kappa shape index (κ3) is 5.30. The van der Waals surface area contributed by atoms with Gasteiger partial charge in [-0.1, -0.05) is 24.3 Å². The number of amides is 3. The molecule has 0 saturated heterocycles. The predicted octanol–water partition coefficient (Wildman–Crippen LogP) is 3.11. The topological polar surface area (TPSA) is 73.9 Å². The largest absolute Gasteiger partial charge is 0.385 e. The molecule has 0 saturated carbocycles. The third-order valence-electron chi connectivity index (χ3n) is 5.18. The van der Waals surface area contributed by atoms with Crippen LogP contribution in [0.3, 0.4) is 0 Å². The van der Waals surface area contributed by atoms with E-state index in [1.54, 1.807) is 27.3 Å². The van der Waals surface area contributed by atoms with Gasteiger partial charge in [0.05, 0.1) is 5.56 Å². The summed E-state index contributed by atoms with van der Waals surface area (Å²) < 4.78 is 5.06. The summed E-state index contributed by atoms with van der Waals surface area (Å²) in [6.07, 6.45) is 1.68. The first-order valence-electron chi connectivity index (χ1n) is 10.2. The van der Waals surface area contributed by atoms with E-state index in [1.165, 1.54) is 16.0 Å². The number of fused-ring (bicyclic) bond motifs is 1. The van der Waals surface area contributed by atoms with Crippen molar-refractivity contribution in [1.29, 1.82) is 0 Å². The fraction of sp³-hybridized carbons (Fsp3) is 0.391. The first-order chi connectivity index (χ1) is 14.5. The minimum Gasteiger partial charge on any atom is -0.385 e. The van der Waals surface area contributed by atoms with E-state index in [9.17, 15) is 9.59 Å². The molecule has 1 aliphatic rings. The Morgan fingerprint density at radius 2 is 1.90 bits per heavy atom. The minimum atomic E-state index is -0.235. The Morgan fingerprint density at radius 3 is 2.63 bits per heavy atom. The van der Waals surface area contributed by atoms with E-state index in [2.05, 4.69) is 33.7 Å². The summed E-state index contributed by atoms with van der Waals surface area (Å²) in [6.45, 7) is 2.71. The van der Waals surface area contributed by atoms with Crippen LogP contribution in [0.4, 0.5) is 16.2 Å². The van der Waals surface area contributed by atoms with Gasteiger partial charge in [-0.05, 0) is 42.2 Å². The molecule has 0 atom stereocenters. The molecule has 0 bridgehead atoms. The highest BCUT2D eigenvalue weighted by molar-refractivity contribution is 6.02. The Balaban J connectivity index is 1.85. The van der Waals surface area contributed by atoms with Gasteiger partial charge >= 0.3 is 6.03 Å². The van der Waals surface area contributed by atoms with Gasteiger partial charge in [-0.15, -0.1) is 0 Å². The van der Waals surface area contributed by atoms with Crippen LogP contribution in [0.5, 0.6) is 0 Å². The molecule has 2 aromatic carbocycles. The molecule has 0 spiro atoms. The molecule has 1 aliphatic heterocycles. The average molecular weight is 411 g/mol. The third-order valence-corrected chi connectivity index (χ3v) is 5.18. The Kier molecular flexibility index (Phi) is 7.30. The van der Waals surface area contributed by atoms with Gasteiger partial charge in [-0.25, -0.2) is 4.79 Å². The van der Waals surface area contributed by atoms with Crippen molar-refractivity contribution in [1.82, 2.24) is 10.2 Å². The van der Waals surface area contributed by atoms with Crippen molar-refractivity contribution in [3.8, 4) is 0 Å². The Bertz CT molecular complexity index is 898. The highest BCUT2D eigenvalue weighted by atomic mass is 16.5. The van der Waals surface area contributed by atoms with Crippen LogP contribution in [0, 0.1) is 0 Å². The molecule has 0 unspecified atom stereocenters. The Morgan fingerprint density at radius 1 is 1.13 bits per heavy atom. The molecule has 160 valence electrons. The van der Waals surface area contributed by atoms with E-state index < -0.39 is 0 Å². The number of benzene rings is 2. The van der Waals surface area contributed by atoms with Crippen molar-refractivity contribution in [2.45, 2.75) is 19.4 Å². The normalized spacial score (nSPS) is 12.8. The second-order valence-corrected chi connectivity index (χ2v) is 7.60. The molecule has 0 aromatic heterocycles. The smallest absolute Gasteiger partial charge is 0.321 e. The second-order valence-electron chi connectivity index (χ2n) is 7.60. The molecule has 30 heavy (non-hydrogen) atoms. The van der Waals surface area contributed by atoms with Crippen molar-refractivity contribution < 1.29 is 14.3 Å². The lowest BCUT2D eigenvalue weighted by Crippen LogP contribution is -2.34. The van der Waals surface area contributed by atoms with Crippen molar-refractivity contribution in [3.05, 3.63) is 59.2 Å². The highest BCUT2D eigenvalue weighted by Gasteiger charge is 2.22. The zero-order chi connectivity index (χ0) is 21.5. The SMILES string of the molecule is COCCCNC(=O)c1cc(NC(=O)N(C)C)ccc1N1CCc2ccccc2C1. The summed E-state index contributed by atoms with van der Waals surface area (Å²) >= 11 is 0. The summed E-state index contributed by atoms with van der Waals surface area (Å²) in [5.74, 6) is -0.152. The summed E-state index contributed by atoms with van der Waals surface area (Å²) in [7, 11) is 5.00. The van der Waals surface area contributed by atoms with E-state index in [4.69, 9.17) is 4.74 Å². The maximum absolute atomic E-state index is 13.0. The Hall–Kier alpha value is -3.06. The van der Waals surface area contributed by atoms with Gasteiger partial charge in [0.2, 0.25) is 0 Å². The number of hydrogen-bond donors (Lipinski definition) is 2. The van der Waals surface area contributed by atoms with Crippen LogP contribution in [-0.2, 0) is 17.7 Å². The quantitative estimate of drug-likeness (QED) is 0.688. The summed E-state index contributed by atoms with van der Waals surface area (Å²) in [4.78, 5) is 28.7. The van der Waals surface area contributed by atoms with E-state index in [1.807, 2.05) is 18.2 Å². The van der Waals surface area contributed by atoms with Gasteiger partial charge in [-0.2, -0.15) is 0 Å². The molecule has 3 amide bonds. The Labute approximate surface area is 178 Å². The summed E-state index contributed by atoms with van der Waals surface area (Å²) in [5, 5.41) is 5.79. The zero-order valence-corrected chi connectivity index (χ0v) is 17.9. The first kappa shape index (κ1) is 21.6. The van der Waals surface area contributed by atoms with Crippen molar-refractivity contribution in [3.63, 3.8) is 0 Å². The van der Waals surface area contributed by atoms with Crippen LogP contribution in [0.25, 0.3) is 0 Å². The standard InChI is InChI=1S/C23H30N4O3/c1-26(2)23(29)25-19-9-10-21(20(15-19)22(28)24-12-6-14-30-3)27-13-11-17-7-4-5-8-18(17)16-27/h4-5,7-10,15H,6,11-14,16H2,1-3H3,(H,24,28)(H,25,29). The number of carbonyl (C=O) groups is 2. The van der Waals surface area contributed by atoms with Crippen LogP contribution in [-0.4, -0.2) is 57.7 Å². The van der Waals surface area contributed by atoms with Gasteiger partial charge in [0.25, 0.3) is 5.91 Å². The van der Waals surface area contributed by atoms with Gasteiger partial charge in [0.1, 0.15) is 0 Å². The maximum atomic E-state index is 13.0. The molecule has 2 N–H and O–H groups in total. The van der Waals surface area contributed by atoms with Gasteiger partial charge in [-0.3, -0.25) is 4.79 Å². The number of nitrogens with one attached hydrogen (secondary N) is 2. The first-order valence-corrected chi connectivity index (χ1v) is 10.2. The number of anilines is 2. The molecule has 0 aliphatic carbocycles. The van der Waals surface area contributed by atoms with Crippen LogP contribution in [0.15, 0.2) is 42.5 Å². The molecule has 0 fully saturated rings. The monoisotopic (exact) mass is 410 g/mol. The minimum absolute atomic E-state index is 0.152. The van der Waals surface area contributed by atoms with Crippen LogP contribution in [0.1, 0.15) is 27.9 Å². The lowest BCUT2D eigenvalue weighted by molar-refractivity contribution is 0.0949. The molecule has 7 heteroatoms. The van der Waals surface area contributed by atoms with E-state index >= 15 is 0 Å². The number of hydrogen-bond acceptors (Lipinski definition) is 4. The predicted molar refractivity (Wildman–Crippen MR) is 119 cm³/mol. The van der Waals surface area contributed by atoms with Gasteiger partial charge in [0, 0.05) is 58.8 Å². The number of nitrogens with zero attached hydrogens (tertiary/aromatic N) is 2. The molecular formula is C23H30N4O3. The fourth-order valence-corrected chi connectivity index (χ4v) is 3.52. The van der Waals surface area contributed by atoms with E-state index in [0.29, 0.717) is 24.4 Å². The number of ether oxygens (including phenoxy) is 1. The summed E-state index contributed by atoms with van der Waals surface area (Å²) in [5.41, 5.74) is 4.66. The van der Waals surface area contributed by atoms with Crippen molar-refractivity contribution in [2.24, 2.45) is 0 Å². The summed E-state index contributed by atoms with van der Waals surface area (Å²) in [6, 6.07) is 13.7. The van der Waals surface area contributed by atoms with Crippen LogP contribution in [0.2, 0.25) is 0 Å². The number of urea groups is 1. The van der Waals surface area contributed by atoms with Crippen LogP contribution < -0.4 is 15.5 Å². The molecule has 7 nitrogen and oxygen atoms in total. The average Bonchev–Trinajstić information content (AvgIpc) is 2.76. The molecule has 2 aromatic rings. The fourth-order valence-electron chi connectivity index (χ4n) is 3.52. The highest BCUT2D eigenvalue weighted by Crippen LogP contribution is 2.29. The molecule has 1 heterocycles. The number of methoxy groups -OCH3 is 1. The maximum Gasteiger partial charge on any atom is 0.321 e. The lowest BCUT2D eigenvalue weighted by atomic mass is 9.98. The van der Waals surface area contributed by atoms with E-state index in [-0.39, 0.29) is 11.9 Å². The zero-order valence-electron chi connectivity index (χ0n) is 17.9. The van der Waals surface area contributed by atoms with Crippen molar-refractivity contribution in [2.75, 3.05) is 51.1 Å². The van der Waals surface area contributed by atoms with Gasteiger partial charge in [0.15, 0.2) is 0 Å². The van der Waals surface area contributed by atoms with Gasteiger partial charge < -0.3 is 25.2 Å².